The number of aromatic nitrogens is 2. The van der Waals surface area contributed by atoms with Crippen molar-refractivity contribution in [3.63, 3.8) is 0 Å². The predicted molar refractivity (Wildman–Crippen MR) is 200 cm³/mol. The van der Waals surface area contributed by atoms with Gasteiger partial charge in [-0.3, -0.25) is 0 Å². The fourth-order valence-corrected chi connectivity index (χ4v) is 8.75. The molecule has 3 heterocycles. The van der Waals surface area contributed by atoms with E-state index in [2.05, 4.69) is 163 Å². The quantitative estimate of drug-likeness (QED) is 0.190. The Morgan fingerprint density at radius 2 is 1.12 bits per heavy atom. The van der Waals surface area contributed by atoms with Crippen molar-refractivity contribution in [2.24, 2.45) is 0 Å². The summed E-state index contributed by atoms with van der Waals surface area (Å²) in [5, 5.41) is 7.28. The fourth-order valence-electron chi connectivity index (χ4n) is 8.75. The van der Waals surface area contributed by atoms with Gasteiger partial charge in [-0.1, -0.05) is 98.8 Å². The molecule has 0 spiro atoms. The number of hydrogen-bond acceptors (Lipinski definition) is 1. The van der Waals surface area contributed by atoms with Crippen LogP contribution in [-0.2, 0) is 5.41 Å². The van der Waals surface area contributed by atoms with Gasteiger partial charge in [0.25, 0.3) is 0 Å². The molecule has 1 aliphatic rings. The third-order valence-corrected chi connectivity index (χ3v) is 10.9. The molecule has 226 valence electrons. The Bertz CT molecular complexity index is 2970. The zero-order chi connectivity index (χ0) is 31.7. The van der Waals surface area contributed by atoms with Crippen molar-refractivity contribution in [2.45, 2.75) is 19.3 Å². The maximum absolute atomic E-state index is 6.41. The van der Waals surface area contributed by atoms with Crippen molar-refractivity contribution in [1.82, 2.24) is 9.13 Å². The summed E-state index contributed by atoms with van der Waals surface area (Å²) in [5.74, 6) is 0. The summed E-state index contributed by atoms with van der Waals surface area (Å²) in [7, 11) is 0. The molecule has 0 saturated carbocycles. The third-order valence-electron chi connectivity index (χ3n) is 10.9. The fraction of sp³-hybridized carbons (Fsp3) is 0.0667. The largest absolute Gasteiger partial charge is 0.456 e. The highest BCUT2D eigenvalue weighted by Crippen LogP contribution is 2.50. The van der Waals surface area contributed by atoms with E-state index in [0.29, 0.717) is 0 Å². The SMILES string of the molecule is CC1(C)c2ccccc2-c2ccc(-n3c4ccccc4c4cc5c6c7c(ccc6n(-c6ccccc6)c5cc43)oc3ccccc37)cc21. The van der Waals surface area contributed by atoms with Crippen molar-refractivity contribution in [3.8, 4) is 22.5 Å². The Morgan fingerprint density at radius 1 is 0.417 bits per heavy atom. The van der Waals surface area contributed by atoms with Gasteiger partial charge in [0.1, 0.15) is 11.2 Å². The van der Waals surface area contributed by atoms with Crippen LogP contribution in [0.25, 0.3) is 88.1 Å². The molecule has 0 atom stereocenters. The lowest BCUT2D eigenvalue weighted by Crippen LogP contribution is -2.15. The molecule has 0 unspecified atom stereocenters. The number of furan rings is 1. The minimum absolute atomic E-state index is 0.0769. The number of nitrogens with zero attached hydrogens (tertiary/aromatic N) is 2. The van der Waals surface area contributed by atoms with Crippen LogP contribution in [0.3, 0.4) is 0 Å². The number of rotatable bonds is 2. The van der Waals surface area contributed by atoms with Crippen molar-refractivity contribution >= 4 is 65.6 Å². The van der Waals surface area contributed by atoms with Gasteiger partial charge in [0.15, 0.2) is 0 Å². The van der Waals surface area contributed by atoms with Gasteiger partial charge in [-0.05, 0) is 82.9 Å². The van der Waals surface area contributed by atoms with Crippen LogP contribution in [0, 0.1) is 0 Å². The molecule has 48 heavy (non-hydrogen) atoms. The first kappa shape index (κ1) is 26.1. The van der Waals surface area contributed by atoms with Gasteiger partial charge in [-0.2, -0.15) is 0 Å². The third kappa shape index (κ3) is 3.23. The summed E-state index contributed by atoms with van der Waals surface area (Å²) < 4.78 is 11.3. The van der Waals surface area contributed by atoms with Crippen LogP contribution in [0.1, 0.15) is 25.0 Å². The molecule has 0 bridgehead atoms. The molecule has 7 aromatic carbocycles. The van der Waals surface area contributed by atoms with E-state index in [9.17, 15) is 0 Å². The maximum atomic E-state index is 6.41. The van der Waals surface area contributed by atoms with E-state index in [1.165, 1.54) is 76.9 Å². The second kappa shape index (κ2) is 9.05. The second-order valence-electron chi connectivity index (χ2n) is 13.7. The van der Waals surface area contributed by atoms with Gasteiger partial charge in [0.05, 0.1) is 22.1 Å². The molecule has 3 aromatic heterocycles. The molecule has 1 aliphatic carbocycles. The number of fused-ring (bicyclic) bond motifs is 13. The van der Waals surface area contributed by atoms with Gasteiger partial charge >= 0.3 is 0 Å². The summed E-state index contributed by atoms with van der Waals surface area (Å²) in [6.45, 7) is 4.71. The monoisotopic (exact) mass is 614 g/mol. The van der Waals surface area contributed by atoms with Gasteiger partial charge in [-0.25, -0.2) is 0 Å². The zero-order valence-electron chi connectivity index (χ0n) is 26.7. The Kier molecular flexibility index (Phi) is 4.91. The lowest BCUT2D eigenvalue weighted by molar-refractivity contribution is 0.660. The van der Waals surface area contributed by atoms with E-state index in [4.69, 9.17) is 4.42 Å². The average Bonchev–Trinajstić information content (AvgIpc) is 3.83. The van der Waals surface area contributed by atoms with Crippen LogP contribution in [-0.4, -0.2) is 9.13 Å². The van der Waals surface area contributed by atoms with Crippen LogP contribution >= 0.6 is 0 Å². The first-order valence-electron chi connectivity index (χ1n) is 16.7. The topological polar surface area (TPSA) is 23.0 Å². The van der Waals surface area contributed by atoms with Gasteiger partial charge in [0.2, 0.25) is 0 Å². The van der Waals surface area contributed by atoms with Crippen LogP contribution in [0.2, 0.25) is 0 Å². The molecule has 0 amide bonds. The highest BCUT2D eigenvalue weighted by atomic mass is 16.3. The van der Waals surface area contributed by atoms with Gasteiger partial charge < -0.3 is 13.6 Å². The Labute approximate surface area is 276 Å². The van der Waals surface area contributed by atoms with E-state index < -0.39 is 0 Å². The second-order valence-corrected chi connectivity index (χ2v) is 13.7. The first-order chi connectivity index (χ1) is 23.6. The molecule has 0 fully saturated rings. The summed E-state index contributed by atoms with van der Waals surface area (Å²) in [5.41, 5.74) is 14.3. The Hall–Kier alpha value is -6.06. The molecule has 0 radical (unpaired) electrons. The van der Waals surface area contributed by atoms with Gasteiger partial charge in [-0.15, -0.1) is 0 Å². The average molecular weight is 615 g/mol. The van der Waals surface area contributed by atoms with E-state index >= 15 is 0 Å². The van der Waals surface area contributed by atoms with E-state index in [1.807, 2.05) is 6.07 Å². The van der Waals surface area contributed by atoms with Crippen molar-refractivity contribution in [2.75, 3.05) is 0 Å². The molecule has 0 aliphatic heterocycles. The molecular formula is C45H30N2O. The normalized spacial score (nSPS) is 13.8. The van der Waals surface area contributed by atoms with Crippen molar-refractivity contribution in [1.29, 1.82) is 0 Å². The first-order valence-corrected chi connectivity index (χ1v) is 16.7. The zero-order valence-corrected chi connectivity index (χ0v) is 26.7. The minimum atomic E-state index is -0.0769. The number of benzene rings is 7. The summed E-state index contributed by atoms with van der Waals surface area (Å²) in [6.07, 6.45) is 0. The molecule has 3 heteroatoms. The van der Waals surface area contributed by atoms with Crippen LogP contribution in [0.4, 0.5) is 0 Å². The summed E-state index contributed by atoms with van der Waals surface area (Å²) in [6, 6.07) is 53.1. The Balaban J connectivity index is 1.29. The predicted octanol–water partition coefficient (Wildman–Crippen LogP) is 12.1. The van der Waals surface area contributed by atoms with Crippen molar-refractivity contribution < 1.29 is 4.42 Å². The molecular weight excluding hydrogens is 585 g/mol. The van der Waals surface area contributed by atoms with E-state index in [-0.39, 0.29) is 5.41 Å². The highest BCUT2D eigenvalue weighted by Gasteiger charge is 2.35. The lowest BCUT2D eigenvalue weighted by Gasteiger charge is -2.22. The highest BCUT2D eigenvalue weighted by molar-refractivity contribution is 6.29. The molecule has 0 N–H and O–H groups in total. The van der Waals surface area contributed by atoms with E-state index in [1.54, 1.807) is 0 Å². The maximum Gasteiger partial charge on any atom is 0.136 e. The standard InChI is InChI=1S/C45H30N2O/c1-45(2)35-17-9-6-14-29(35)30-21-20-28(24-36(30)45)47-37-18-10-7-15-31(37)33-25-34-40(26-39(33)47)46(27-12-4-3-5-13-27)38-22-23-42-44(43(34)38)32-16-8-11-19-41(32)48-42/h3-26H,1-2H3. The van der Waals surface area contributed by atoms with Crippen molar-refractivity contribution in [3.05, 3.63) is 157 Å². The molecule has 3 nitrogen and oxygen atoms in total. The molecule has 0 saturated heterocycles. The van der Waals surface area contributed by atoms with Crippen LogP contribution < -0.4 is 0 Å². The van der Waals surface area contributed by atoms with E-state index in [0.717, 1.165) is 22.2 Å². The van der Waals surface area contributed by atoms with Crippen LogP contribution in [0.5, 0.6) is 0 Å². The summed E-state index contributed by atoms with van der Waals surface area (Å²) in [4.78, 5) is 0. The minimum Gasteiger partial charge on any atom is -0.456 e. The lowest BCUT2D eigenvalue weighted by atomic mass is 9.82. The number of hydrogen-bond donors (Lipinski definition) is 0. The smallest absolute Gasteiger partial charge is 0.136 e. The summed E-state index contributed by atoms with van der Waals surface area (Å²) >= 11 is 0. The Morgan fingerprint density at radius 3 is 2.02 bits per heavy atom. The van der Waals surface area contributed by atoms with Crippen LogP contribution in [0.15, 0.2) is 150 Å². The number of para-hydroxylation sites is 3. The molecule has 10 aromatic rings. The van der Waals surface area contributed by atoms with Gasteiger partial charge in [0, 0.05) is 49.1 Å². The molecule has 11 rings (SSSR count).